The van der Waals surface area contributed by atoms with Crippen molar-refractivity contribution in [2.24, 2.45) is 5.14 Å². The van der Waals surface area contributed by atoms with Crippen molar-refractivity contribution in [2.75, 3.05) is 20.3 Å². The third-order valence-corrected chi connectivity index (χ3v) is 14.9. The number of methoxy groups -OCH3 is 1. The first-order valence-corrected chi connectivity index (χ1v) is 20.2. The van der Waals surface area contributed by atoms with E-state index in [0.717, 1.165) is 22.2 Å². The number of alkyl halides is 1. The van der Waals surface area contributed by atoms with Crippen molar-refractivity contribution in [3.05, 3.63) is 66.1 Å². The van der Waals surface area contributed by atoms with Gasteiger partial charge in [0.05, 0.1) is 57.4 Å². The van der Waals surface area contributed by atoms with Crippen LogP contribution in [0.1, 0.15) is 71.7 Å². The number of nitrogens with zero attached hydrogens (tertiary/aromatic N) is 4. The molecule has 0 spiro atoms. The van der Waals surface area contributed by atoms with Crippen LogP contribution in [0, 0.1) is 0 Å². The van der Waals surface area contributed by atoms with E-state index in [2.05, 4.69) is 33.9 Å². The lowest BCUT2D eigenvalue weighted by molar-refractivity contribution is 0.147. The van der Waals surface area contributed by atoms with Gasteiger partial charge in [0.25, 0.3) is 0 Å². The highest BCUT2D eigenvalue weighted by molar-refractivity contribution is 7.84. The Labute approximate surface area is 282 Å². The van der Waals surface area contributed by atoms with E-state index in [1.807, 2.05) is 48.5 Å². The maximum atomic E-state index is 15.4. The van der Waals surface area contributed by atoms with Gasteiger partial charge in [0.1, 0.15) is 18.5 Å². The fraction of sp³-hybridized carbons (Fsp3) is 0.514. The molecule has 0 aliphatic heterocycles. The summed E-state index contributed by atoms with van der Waals surface area (Å²) in [5.74, 6) is 0.700. The zero-order valence-electron chi connectivity index (χ0n) is 29.2. The lowest BCUT2D eigenvalue weighted by Crippen LogP contribution is -2.40. The molecule has 1 unspecified atom stereocenters. The van der Waals surface area contributed by atoms with Gasteiger partial charge in [0.2, 0.25) is 0 Å². The van der Waals surface area contributed by atoms with E-state index in [1.165, 1.54) is 0 Å². The summed E-state index contributed by atoms with van der Waals surface area (Å²) < 4.78 is 46.6. The van der Waals surface area contributed by atoms with Crippen LogP contribution in [-0.2, 0) is 26.8 Å². The number of aromatic nitrogens is 4. The topological polar surface area (TPSA) is 114 Å². The van der Waals surface area contributed by atoms with Crippen LogP contribution in [0.4, 0.5) is 4.39 Å². The first kappa shape index (κ1) is 36.8. The molecule has 9 nitrogen and oxygen atoms in total. The zero-order valence-corrected chi connectivity index (χ0v) is 31.0. The molecule has 0 saturated carbocycles. The second kappa shape index (κ2) is 15.0. The van der Waals surface area contributed by atoms with Crippen LogP contribution < -0.4 is 9.88 Å². The number of ether oxygens (including phenoxy) is 2. The van der Waals surface area contributed by atoms with Crippen molar-refractivity contribution >= 4 is 30.2 Å². The van der Waals surface area contributed by atoms with Gasteiger partial charge in [-0.05, 0) is 81.2 Å². The van der Waals surface area contributed by atoms with Crippen LogP contribution in [0.5, 0.6) is 5.75 Å². The van der Waals surface area contributed by atoms with Gasteiger partial charge in [-0.15, -0.1) is 0 Å². The van der Waals surface area contributed by atoms with E-state index in [-0.39, 0.29) is 5.04 Å². The summed E-state index contributed by atoms with van der Waals surface area (Å²) in [5, 5.41) is 11.4. The van der Waals surface area contributed by atoms with Crippen LogP contribution in [0.15, 0.2) is 54.7 Å². The first-order valence-electron chi connectivity index (χ1n) is 16.1. The summed E-state index contributed by atoms with van der Waals surface area (Å²) >= 11 is 0. The molecule has 0 radical (unpaired) electrons. The minimum absolute atomic E-state index is 0.0881. The second-order valence-electron chi connectivity index (χ2n) is 14.1. The molecule has 2 N–H and O–H groups in total. The average molecular weight is 684 g/mol. The van der Waals surface area contributed by atoms with E-state index in [9.17, 15) is 4.21 Å². The number of rotatable bonds is 15. The molecule has 3 atom stereocenters. The lowest BCUT2D eigenvalue weighted by Gasteiger charge is -2.36. The summed E-state index contributed by atoms with van der Waals surface area (Å²) in [6.45, 7) is 17.7. The fourth-order valence-corrected chi connectivity index (χ4v) is 6.33. The predicted molar refractivity (Wildman–Crippen MR) is 190 cm³/mol. The molecule has 0 bridgehead atoms. The molecule has 12 heteroatoms. The second-order valence-corrected chi connectivity index (χ2v) is 20.6. The van der Waals surface area contributed by atoms with Crippen molar-refractivity contribution in [3.63, 3.8) is 0 Å². The SMILES string of the molecule is CC[C@@H](F)[C@H](CC(C)(C)S(N)=O)c1cccc(-c2cc(OCCOC)c3cnn(-c4cccc(CO[Si](C)(C)C(C)(C)C)n4)c3c2)n1. The molecular formula is C35H50FN5O4SSi. The lowest BCUT2D eigenvalue weighted by atomic mass is 9.88. The maximum absolute atomic E-state index is 15.4. The molecular weight excluding hydrogens is 634 g/mol. The van der Waals surface area contributed by atoms with Crippen LogP contribution in [0.3, 0.4) is 0 Å². The quantitative estimate of drug-likeness (QED) is 0.101. The molecule has 0 fully saturated rings. The van der Waals surface area contributed by atoms with Crippen LogP contribution in [-0.4, -0.2) is 63.5 Å². The molecule has 47 heavy (non-hydrogen) atoms. The van der Waals surface area contributed by atoms with Gasteiger partial charge < -0.3 is 13.9 Å². The summed E-state index contributed by atoms with van der Waals surface area (Å²) in [5.41, 5.74) is 3.62. The predicted octanol–water partition coefficient (Wildman–Crippen LogP) is 7.65. The van der Waals surface area contributed by atoms with Gasteiger partial charge in [-0.25, -0.2) is 18.3 Å². The normalized spacial score (nSPS) is 14.7. The van der Waals surface area contributed by atoms with Gasteiger partial charge in [-0.1, -0.05) is 39.8 Å². The Morgan fingerprint density at radius 1 is 1.04 bits per heavy atom. The molecule has 256 valence electrons. The molecule has 4 aromatic rings. The van der Waals surface area contributed by atoms with Crippen molar-refractivity contribution < 1.29 is 22.5 Å². The average Bonchev–Trinajstić information content (AvgIpc) is 3.46. The Bertz CT molecular complexity index is 1690. The number of hydrogen-bond acceptors (Lipinski definition) is 7. The van der Waals surface area contributed by atoms with Gasteiger partial charge in [0, 0.05) is 24.3 Å². The van der Waals surface area contributed by atoms with Crippen LogP contribution >= 0.6 is 0 Å². The number of pyridine rings is 2. The summed E-state index contributed by atoms with van der Waals surface area (Å²) in [4.78, 5) is 9.87. The molecule has 3 aromatic heterocycles. The number of hydrogen-bond donors (Lipinski definition) is 1. The first-order chi connectivity index (χ1) is 22.1. The van der Waals surface area contributed by atoms with Crippen molar-refractivity contribution in [3.8, 4) is 22.8 Å². The minimum atomic E-state index is -1.97. The Kier molecular flexibility index (Phi) is 11.8. The number of halogens is 1. The summed E-state index contributed by atoms with van der Waals surface area (Å²) in [6.07, 6.45) is 1.20. The minimum Gasteiger partial charge on any atom is -0.490 e. The molecule has 0 aliphatic rings. The molecule has 0 aliphatic carbocycles. The summed E-state index contributed by atoms with van der Waals surface area (Å²) in [6, 6.07) is 15.4. The van der Waals surface area contributed by atoms with Crippen molar-refractivity contribution in [2.45, 2.75) is 96.0 Å². The van der Waals surface area contributed by atoms with E-state index in [1.54, 1.807) is 38.8 Å². The van der Waals surface area contributed by atoms with Gasteiger partial charge >= 0.3 is 0 Å². The molecule has 3 heterocycles. The third-order valence-electron chi connectivity index (χ3n) is 9.12. The fourth-order valence-electron chi connectivity index (χ4n) is 5.05. The van der Waals surface area contributed by atoms with Gasteiger partial charge in [-0.3, -0.25) is 10.1 Å². The van der Waals surface area contributed by atoms with Crippen molar-refractivity contribution in [1.82, 2.24) is 19.7 Å². The monoisotopic (exact) mass is 683 g/mol. The number of benzene rings is 1. The molecule has 4 rings (SSSR count). The highest BCUT2D eigenvalue weighted by Gasteiger charge is 2.37. The number of nitrogens with two attached hydrogens (primary N) is 1. The summed E-state index contributed by atoms with van der Waals surface area (Å²) in [7, 11) is -1.96. The standard InChI is InChI=1S/C35H50FN5O4SSi/c1-10-28(36)26(21-35(5,6)46(37)42)30-15-12-14-29(40-30)24-19-31-27(32(20-24)44-18-17-43-7)22-38-41(31)33-16-11-13-25(39-33)23-45-47(8,9)34(2,3)4/h11-16,19-20,22,26,28H,10,17-18,21,23,37H2,1-9H3/t26-,28+,46?/m0/s1. The highest BCUT2D eigenvalue weighted by Crippen LogP contribution is 2.38. The molecule has 1 aromatic carbocycles. The number of fused-ring (bicyclic) bond motifs is 1. The Morgan fingerprint density at radius 2 is 1.77 bits per heavy atom. The van der Waals surface area contributed by atoms with Crippen molar-refractivity contribution in [1.29, 1.82) is 0 Å². The van der Waals surface area contributed by atoms with Crippen LogP contribution in [0.25, 0.3) is 28.0 Å². The smallest absolute Gasteiger partial charge is 0.192 e. The zero-order chi connectivity index (χ0) is 34.6. The maximum Gasteiger partial charge on any atom is 0.192 e. The van der Waals surface area contributed by atoms with E-state index < -0.39 is 36.1 Å². The third kappa shape index (κ3) is 8.71. The van der Waals surface area contributed by atoms with Crippen LogP contribution in [0.2, 0.25) is 18.1 Å². The van der Waals surface area contributed by atoms with E-state index in [0.29, 0.717) is 55.6 Å². The van der Waals surface area contributed by atoms with Gasteiger partial charge in [0.15, 0.2) is 14.1 Å². The largest absolute Gasteiger partial charge is 0.490 e. The van der Waals surface area contributed by atoms with E-state index >= 15 is 4.39 Å². The Balaban J connectivity index is 1.78. The Hall–Kier alpha value is -3.03. The molecule has 0 amide bonds. The highest BCUT2D eigenvalue weighted by atomic mass is 32.2. The van der Waals surface area contributed by atoms with E-state index in [4.69, 9.17) is 34.1 Å². The molecule has 0 saturated heterocycles. The Morgan fingerprint density at radius 3 is 2.43 bits per heavy atom. The van der Waals surface area contributed by atoms with Gasteiger partial charge in [-0.2, -0.15) is 5.10 Å².